The molecule has 0 unspecified atom stereocenters. The zero-order chi connectivity index (χ0) is 21.3. The van der Waals surface area contributed by atoms with Crippen molar-refractivity contribution in [2.45, 2.75) is 20.0 Å². The second-order valence-corrected chi connectivity index (χ2v) is 8.73. The smallest absolute Gasteiger partial charge is 0.338 e. The molecular formula is C22H17BrN2O4S. The molecule has 0 bridgehead atoms. The minimum Gasteiger partial charge on any atom is -0.459 e. The van der Waals surface area contributed by atoms with E-state index >= 15 is 0 Å². The molecule has 0 saturated heterocycles. The Morgan fingerprint density at radius 2 is 1.87 bits per heavy atom. The summed E-state index contributed by atoms with van der Waals surface area (Å²) in [6, 6.07) is 16.1. The molecule has 8 heteroatoms. The average molecular weight is 485 g/mol. The SMILES string of the molecule is CC(C)OC(=O)c1ccc2nc(NC(=O)c3ccc(-c4ccc(Br)cc4)o3)sc2c1. The number of fused-ring (bicyclic) bond motifs is 1. The number of benzene rings is 2. The molecule has 0 radical (unpaired) electrons. The number of hydrogen-bond acceptors (Lipinski definition) is 6. The predicted octanol–water partition coefficient (Wildman–Crippen LogP) is 6.14. The van der Waals surface area contributed by atoms with E-state index in [0.29, 0.717) is 22.0 Å². The first-order chi connectivity index (χ1) is 14.4. The number of esters is 1. The van der Waals surface area contributed by atoms with Gasteiger partial charge in [0.1, 0.15) is 5.76 Å². The van der Waals surface area contributed by atoms with Gasteiger partial charge >= 0.3 is 5.97 Å². The van der Waals surface area contributed by atoms with E-state index in [-0.39, 0.29) is 17.8 Å². The monoisotopic (exact) mass is 484 g/mol. The van der Waals surface area contributed by atoms with E-state index in [1.54, 1.807) is 44.2 Å². The van der Waals surface area contributed by atoms with Gasteiger partial charge in [-0.15, -0.1) is 0 Å². The third-order valence-electron chi connectivity index (χ3n) is 4.15. The van der Waals surface area contributed by atoms with E-state index in [1.165, 1.54) is 11.3 Å². The molecule has 1 N–H and O–H groups in total. The third-order valence-corrected chi connectivity index (χ3v) is 5.61. The molecule has 2 heterocycles. The second-order valence-electron chi connectivity index (χ2n) is 6.78. The number of nitrogens with zero attached hydrogens (tertiary/aromatic N) is 1. The number of aromatic nitrogens is 1. The Hall–Kier alpha value is -2.97. The number of carbonyl (C=O) groups is 2. The molecule has 2 aromatic carbocycles. The van der Waals surface area contributed by atoms with Gasteiger partial charge in [0.15, 0.2) is 10.9 Å². The maximum atomic E-state index is 12.6. The van der Waals surface area contributed by atoms with Gasteiger partial charge in [-0.2, -0.15) is 0 Å². The van der Waals surface area contributed by atoms with E-state index < -0.39 is 5.91 Å². The average Bonchev–Trinajstić information content (AvgIpc) is 3.34. The van der Waals surface area contributed by atoms with Crippen LogP contribution in [-0.4, -0.2) is 23.0 Å². The molecule has 0 fully saturated rings. The van der Waals surface area contributed by atoms with Crippen LogP contribution in [0.5, 0.6) is 0 Å². The molecule has 152 valence electrons. The van der Waals surface area contributed by atoms with Crippen molar-refractivity contribution < 1.29 is 18.7 Å². The second kappa shape index (κ2) is 8.41. The van der Waals surface area contributed by atoms with Crippen LogP contribution < -0.4 is 5.32 Å². The van der Waals surface area contributed by atoms with Gasteiger partial charge in [0.2, 0.25) is 0 Å². The first kappa shape index (κ1) is 20.3. The Balaban J connectivity index is 1.50. The molecule has 0 aliphatic rings. The summed E-state index contributed by atoms with van der Waals surface area (Å²) in [6.45, 7) is 3.60. The predicted molar refractivity (Wildman–Crippen MR) is 120 cm³/mol. The summed E-state index contributed by atoms with van der Waals surface area (Å²) >= 11 is 4.67. The highest BCUT2D eigenvalue weighted by Crippen LogP contribution is 2.29. The van der Waals surface area contributed by atoms with Crippen LogP contribution >= 0.6 is 27.3 Å². The number of ether oxygens (including phenoxy) is 1. The number of nitrogens with one attached hydrogen (secondary N) is 1. The quantitative estimate of drug-likeness (QED) is 0.344. The fourth-order valence-corrected chi connectivity index (χ4v) is 3.94. The van der Waals surface area contributed by atoms with Gasteiger partial charge < -0.3 is 9.15 Å². The van der Waals surface area contributed by atoms with Crippen molar-refractivity contribution in [2.24, 2.45) is 0 Å². The van der Waals surface area contributed by atoms with Crippen LogP contribution in [0.1, 0.15) is 34.8 Å². The van der Waals surface area contributed by atoms with E-state index in [2.05, 4.69) is 26.2 Å². The Kier molecular flexibility index (Phi) is 5.69. The molecular weight excluding hydrogens is 468 g/mol. The first-order valence-corrected chi connectivity index (χ1v) is 10.8. The lowest BCUT2D eigenvalue weighted by molar-refractivity contribution is 0.0378. The first-order valence-electron chi connectivity index (χ1n) is 9.18. The maximum absolute atomic E-state index is 12.6. The highest BCUT2D eigenvalue weighted by atomic mass is 79.9. The highest BCUT2D eigenvalue weighted by Gasteiger charge is 2.16. The minimum absolute atomic E-state index is 0.188. The molecule has 0 aliphatic heterocycles. The number of anilines is 1. The van der Waals surface area contributed by atoms with E-state index in [0.717, 1.165) is 14.7 Å². The van der Waals surface area contributed by atoms with Crippen molar-refractivity contribution in [3.63, 3.8) is 0 Å². The summed E-state index contributed by atoms with van der Waals surface area (Å²) < 4.78 is 12.7. The fourth-order valence-electron chi connectivity index (χ4n) is 2.78. The summed E-state index contributed by atoms with van der Waals surface area (Å²) in [5, 5.41) is 3.18. The van der Waals surface area contributed by atoms with Gasteiger partial charge in [0.05, 0.1) is 21.9 Å². The fraction of sp³-hybridized carbons (Fsp3) is 0.136. The number of hydrogen-bond donors (Lipinski definition) is 1. The Bertz CT molecular complexity index is 1230. The van der Waals surface area contributed by atoms with Crippen LogP contribution in [0.4, 0.5) is 5.13 Å². The van der Waals surface area contributed by atoms with E-state index in [1.807, 2.05) is 24.3 Å². The van der Waals surface area contributed by atoms with Crippen LogP contribution in [0.25, 0.3) is 21.5 Å². The van der Waals surface area contributed by atoms with E-state index in [9.17, 15) is 9.59 Å². The van der Waals surface area contributed by atoms with Gasteiger partial charge in [-0.25, -0.2) is 9.78 Å². The van der Waals surface area contributed by atoms with Crippen molar-refractivity contribution in [1.29, 1.82) is 0 Å². The number of thiazole rings is 1. The van der Waals surface area contributed by atoms with Crippen LogP contribution in [-0.2, 0) is 4.74 Å². The van der Waals surface area contributed by atoms with Gasteiger partial charge in [-0.05, 0) is 56.3 Å². The summed E-state index contributed by atoms with van der Waals surface area (Å²) in [5.41, 5.74) is 2.01. The highest BCUT2D eigenvalue weighted by molar-refractivity contribution is 9.10. The number of rotatable bonds is 5. The summed E-state index contributed by atoms with van der Waals surface area (Å²) in [7, 11) is 0. The Morgan fingerprint density at radius 3 is 2.60 bits per heavy atom. The van der Waals surface area contributed by atoms with Crippen molar-refractivity contribution in [3.05, 3.63) is 70.4 Å². The lowest BCUT2D eigenvalue weighted by Crippen LogP contribution is -2.11. The number of halogens is 1. The molecule has 0 spiro atoms. The number of furan rings is 1. The molecule has 4 rings (SSSR count). The lowest BCUT2D eigenvalue weighted by atomic mass is 10.2. The maximum Gasteiger partial charge on any atom is 0.338 e. The van der Waals surface area contributed by atoms with E-state index in [4.69, 9.17) is 9.15 Å². The van der Waals surface area contributed by atoms with Gasteiger partial charge in [-0.3, -0.25) is 10.1 Å². The van der Waals surface area contributed by atoms with Crippen LogP contribution in [0, 0.1) is 0 Å². The van der Waals surface area contributed by atoms with Gasteiger partial charge in [0.25, 0.3) is 5.91 Å². The largest absolute Gasteiger partial charge is 0.459 e. The van der Waals surface area contributed by atoms with Crippen LogP contribution in [0.15, 0.2) is 63.5 Å². The van der Waals surface area contributed by atoms with Crippen LogP contribution in [0.2, 0.25) is 0 Å². The summed E-state index contributed by atoms with van der Waals surface area (Å²) in [5.74, 6) is 0.0115. The summed E-state index contributed by atoms with van der Waals surface area (Å²) in [4.78, 5) is 29.1. The van der Waals surface area contributed by atoms with Crippen molar-refractivity contribution in [2.75, 3.05) is 5.32 Å². The standard InChI is InChI=1S/C22H17BrN2O4S/c1-12(2)28-21(27)14-5-8-16-19(11-14)30-22(24-16)25-20(26)18-10-9-17(29-18)13-3-6-15(23)7-4-13/h3-12H,1-2H3,(H,24,25,26). The van der Waals surface area contributed by atoms with Crippen LogP contribution in [0.3, 0.4) is 0 Å². The molecule has 4 aromatic rings. The molecule has 0 atom stereocenters. The third kappa shape index (κ3) is 4.44. The topological polar surface area (TPSA) is 81.4 Å². The van der Waals surface area contributed by atoms with Gasteiger partial charge in [-0.1, -0.05) is 39.4 Å². The molecule has 1 amide bonds. The molecule has 2 aromatic heterocycles. The number of amides is 1. The zero-order valence-corrected chi connectivity index (χ0v) is 18.5. The molecule has 30 heavy (non-hydrogen) atoms. The lowest BCUT2D eigenvalue weighted by Gasteiger charge is -2.07. The number of carbonyl (C=O) groups excluding carboxylic acids is 2. The minimum atomic E-state index is -0.392. The van der Waals surface area contributed by atoms with Crippen molar-refractivity contribution in [3.8, 4) is 11.3 Å². The van der Waals surface area contributed by atoms with Crippen molar-refractivity contribution >= 4 is 54.5 Å². The Morgan fingerprint density at radius 1 is 1.10 bits per heavy atom. The molecule has 0 aliphatic carbocycles. The normalized spacial score (nSPS) is 11.1. The van der Waals surface area contributed by atoms with Crippen molar-refractivity contribution in [1.82, 2.24) is 4.98 Å². The Labute approximate surface area is 185 Å². The van der Waals surface area contributed by atoms with Gasteiger partial charge in [0, 0.05) is 10.0 Å². The zero-order valence-electron chi connectivity index (χ0n) is 16.1. The molecule has 6 nitrogen and oxygen atoms in total. The summed E-state index contributed by atoms with van der Waals surface area (Å²) in [6.07, 6.45) is -0.194. The molecule has 0 saturated carbocycles.